The molecule has 0 aliphatic carbocycles. The lowest BCUT2D eigenvalue weighted by atomic mass is 10.1. The fourth-order valence-electron chi connectivity index (χ4n) is 3.14. The number of likely N-dealkylation sites (N-methyl/N-ethyl adjacent to an activating group) is 1. The molecule has 2 aromatic carbocycles. The van der Waals surface area contributed by atoms with Crippen molar-refractivity contribution in [1.29, 1.82) is 0 Å². The lowest BCUT2D eigenvalue weighted by Gasteiger charge is -2.21. The van der Waals surface area contributed by atoms with Crippen molar-refractivity contribution in [3.05, 3.63) is 71.3 Å². The normalized spacial score (nSPS) is 14.6. The van der Waals surface area contributed by atoms with E-state index in [4.69, 9.17) is 4.74 Å². The summed E-state index contributed by atoms with van der Waals surface area (Å²) < 4.78 is 5.54. The van der Waals surface area contributed by atoms with Crippen LogP contribution >= 0.6 is 0 Å². The maximum Gasteiger partial charge on any atom is 0.339 e. The molecule has 1 heterocycles. The largest absolute Gasteiger partial charge is 0.444 e. The van der Waals surface area contributed by atoms with E-state index in [9.17, 15) is 14.4 Å². The Hall–Kier alpha value is -3.15. The van der Waals surface area contributed by atoms with Crippen LogP contribution in [0.25, 0.3) is 0 Å². The SMILES string of the molecule is CN(C)C(=O)[C@H](OC(=O)c1ccc(CN2CCCC2=O)cc1)c1ccccc1. The van der Waals surface area contributed by atoms with E-state index in [1.54, 1.807) is 50.5 Å². The molecule has 0 aromatic heterocycles. The molecule has 2 amide bonds. The highest BCUT2D eigenvalue weighted by Crippen LogP contribution is 2.22. The van der Waals surface area contributed by atoms with Gasteiger partial charge in [0.2, 0.25) is 12.0 Å². The molecule has 0 saturated carbocycles. The Morgan fingerprint density at radius 1 is 1.07 bits per heavy atom. The highest BCUT2D eigenvalue weighted by Gasteiger charge is 2.27. The Labute approximate surface area is 164 Å². The van der Waals surface area contributed by atoms with Gasteiger partial charge in [-0.05, 0) is 24.1 Å². The van der Waals surface area contributed by atoms with Gasteiger partial charge in [-0.25, -0.2) is 4.79 Å². The zero-order valence-corrected chi connectivity index (χ0v) is 16.1. The Morgan fingerprint density at radius 3 is 2.32 bits per heavy atom. The van der Waals surface area contributed by atoms with Crippen molar-refractivity contribution in [3.63, 3.8) is 0 Å². The minimum absolute atomic E-state index is 0.163. The summed E-state index contributed by atoms with van der Waals surface area (Å²) in [6, 6.07) is 15.9. The van der Waals surface area contributed by atoms with Crippen LogP contribution in [-0.2, 0) is 20.9 Å². The predicted molar refractivity (Wildman–Crippen MR) is 104 cm³/mol. The zero-order valence-electron chi connectivity index (χ0n) is 16.1. The number of benzene rings is 2. The molecule has 0 bridgehead atoms. The standard InChI is InChI=1S/C22H24N2O4/c1-23(2)21(26)20(17-7-4-3-5-8-17)28-22(27)18-12-10-16(11-13-18)15-24-14-6-9-19(24)25/h3-5,7-8,10-13,20H,6,9,14-15H2,1-2H3/t20-/m1/s1. The topological polar surface area (TPSA) is 66.9 Å². The quantitative estimate of drug-likeness (QED) is 0.723. The van der Waals surface area contributed by atoms with Gasteiger partial charge < -0.3 is 14.5 Å². The average molecular weight is 380 g/mol. The molecule has 6 heteroatoms. The van der Waals surface area contributed by atoms with E-state index >= 15 is 0 Å². The summed E-state index contributed by atoms with van der Waals surface area (Å²) in [4.78, 5) is 40.1. The van der Waals surface area contributed by atoms with Crippen LogP contribution in [0.3, 0.4) is 0 Å². The molecule has 146 valence electrons. The van der Waals surface area contributed by atoms with Crippen molar-refractivity contribution in [3.8, 4) is 0 Å². The lowest BCUT2D eigenvalue weighted by Crippen LogP contribution is -2.31. The fraction of sp³-hybridized carbons (Fsp3) is 0.318. The number of ether oxygens (including phenoxy) is 1. The summed E-state index contributed by atoms with van der Waals surface area (Å²) in [7, 11) is 3.25. The minimum Gasteiger partial charge on any atom is -0.444 e. The molecule has 1 saturated heterocycles. The highest BCUT2D eigenvalue weighted by molar-refractivity contribution is 5.92. The van der Waals surface area contributed by atoms with E-state index in [0.29, 0.717) is 24.1 Å². The van der Waals surface area contributed by atoms with Crippen molar-refractivity contribution < 1.29 is 19.1 Å². The molecule has 2 aromatic rings. The van der Waals surface area contributed by atoms with Crippen LogP contribution in [-0.4, -0.2) is 48.2 Å². The molecule has 3 rings (SSSR count). The van der Waals surface area contributed by atoms with Crippen molar-refractivity contribution in [2.45, 2.75) is 25.5 Å². The van der Waals surface area contributed by atoms with E-state index in [0.717, 1.165) is 18.5 Å². The van der Waals surface area contributed by atoms with Crippen LogP contribution in [0.1, 0.15) is 40.4 Å². The molecule has 1 aliphatic heterocycles. The first-order valence-electron chi connectivity index (χ1n) is 9.29. The smallest absolute Gasteiger partial charge is 0.339 e. The van der Waals surface area contributed by atoms with Crippen molar-refractivity contribution in [2.75, 3.05) is 20.6 Å². The van der Waals surface area contributed by atoms with E-state index in [1.807, 2.05) is 23.1 Å². The summed E-state index contributed by atoms with van der Waals surface area (Å²) in [6.45, 7) is 1.31. The number of nitrogens with zero attached hydrogens (tertiary/aromatic N) is 2. The number of hydrogen-bond donors (Lipinski definition) is 0. The molecule has 0 spiro atoms. The number of rotatable bonds is 6. The molecular formula is C22H24N2O4. The van der Waals surface area contributed by atoms with E-state index < -0.39 is 12.1 Å². The molecule has 0 unspecified atom stereocenters. The van der Waals surface area contributed by atoms with Crippen molar-refractivity contribution >= 4 is 17.8 Å². The summed E-state index contributed by atoms with van der Waals surface area (Å²) in [5.41, 5.74) is 1.94. The third kappa shape index (κ3) is 4.57. The van der Waals surface area contributed by atoms with E-state index in [1.165, 1.54) is 4.90 Å². The first kappa shape index (κ1) is 19.6. The van der Waals surface area contributed by atoms with Gasteiger partial charge in [-0.1, -0.05) is 42.5 Å². The zero-order chi connectivity index (χ0) is 20.1. The average Bonchev–Trinajstić information content (AvgIpc) is 3.11. The molecule has 1 atom stereocenters. The van der Waals surface area contributed by atoms with Gasteiger partial charge in [0.15, 0.2) is 0 Å². The van der Waals surface area contributed by atoms with Gasteiger partial charge in [-0.15, -0.1) is 0 Å². The van der Waals surface area contributed by atoms with Crippen LogP contribution in [0.2, 0.25) is 0 Å². The van der Waals surface area contributed by atoms with Gasteiger partial charge in [0.05, 0.1) is 5.56 Å². The predicted octanol–water partition coefficient (Wildman–Crippen LogP) is 2.80. The lowest BCUT2D eigenvalue weighted by molar-refractivity contribution is -0.138. The highest BCUT2D eigenvalue weighted by atomic mass is 16.5. The van der Waals surface area contributed by atoms with Gasteiger partial charge in [0.1, 0.15) is 0 Å². The summed E-state index contributed by atoms with van der Waals surface area (Å²) in [5, 5.41) is 0. The number of likely N-dealkylation sites (tertiary alicyclic amines) is 1. The minimum atomic E-state index is -0.995. The van der Waals surface area contributed by atoms with Crippen LogP contribution < -0.4 is 0 Å². The maximum atomic E-state index is 12.6. The summed E-state index contributed by atoms with van der Waals surface area (Å²) in [5.74, 6) is -0.701. The van der Waals surface area contributed by atoms with Crippen molar-refractivity contribution in [1.82, 2.24) is 9.80 Å². The second kappa shape index (κ2) is 8.69. The summed E-state index contributed by atoms with van der Waals surface area (Å²) in [6.07, 6.45) is 0.500. The van der Waals surface area contributed by atoms with Gasteiger partial charge in [-0.3, -0.25) is 9.59 Å². The molecule has 1 fully saturated rings. The number of carbonyl (C=O) groups excluding carboxylic acids is 3. The Bertz CT molecular complexity index is 847. The molecule has 6 nitrogen and oxygen atoms in total. The van der Waals surface area contributed by atoms with Crippen LogP contribution in [0.4, 0.5) is 0 Å². The third-order valence-electron chi connectivity index (χ3n) is 4.73. The van der Waals surface area contributed by atoms with Crippen LogP contribution in [0.15, 0.2) is 54.6 Å². The Balaban J connectivity index is 1.71. The Morgan fingerprint density at radius 2 is 1.75 bits per heavy atom. The molecular weight excluding hydrogens is 356 g/mol. The Kier molecular flexibility index (Phi) is 6.09. The molecule has 0 N–H and O–H groups in total. The van der Waals surface area contributed by atoms with E-state index in [2.05, 4.69) is 0 Å². The first-order chi connectivity index (χ1) is 13.5. The van der Waals surface area contributed by atoms with Gasteiger partial charge in [0, 0.05) is 39.2 Å². The first-order valence-corrected chi connectivity index (χ1v) is 9.29. The summed E-state index contributed by atoms with van der Waals surface area (Å²) >= 11 is 0. The monoisotopic (exact) mass is 380 g/mol. The number of carbonyl (C=O) groups is 3. The number of hydrogen-bond acceptors (Lipinski definition) is 4. The number of esters is 1. The van der Waals surface area contributed by atoms with E-state index in [-0.39, 0.29) is 11.8 Å². The molecule has 0 radical (unpaired) electrons. The maximum absolute atomic E-state index is 12.6. The molecule has 1 aliphatic rings. The van der Waals surface area contributed by atoms with Gasteiger partial charge in [0.25, 0.3) is 5.91 Å². The van der Waals surface area contributed by atoms with Crippen LogP contribution in [0.5, 0.6) is 0 Å². The molecule has 28 heavy (non-hydrogen) atoms. The van der Waals surface area contributed by atoms with Crippen LogP contribution in [0, 0.1) is 0 Å². The second-order valence-electron chi connectivity index (χ2n) is 7.04. The number of amides is 2. The second-order valence-corrected chi connectivity index (χ2v) is 7.04. The third-order valence-corrected chi connectivity index (χ3v) is 4.73. The van der Waals surface area contributed by atoms with Gasteiger partial charge >= 0.3 is 5.97 Å². The van der Waals surface area contributed by atoms with Gasteiger partial charge in [-0.2, -0.15) is 0 Å². The fourth-order valence-corrected chi connectivity index (χ4v) is 3.14. The van der Waals surface area contributed by atoms with Crippen molar-refractivity contribution in [2.24, 2.45) is 0 Å².